The lowest BCUT2D eigenvalue weighted by Gasteiger charge is -2.33. The Bertz CT molecular complexity index is 551. The number of phenolic OH excluding ortho intramolecular Hbond substituents is 1. The van der Waals surface area contributed by atoms with E-state index in [2.05, 4.69) is 0 Å². The van der Waals surface area contributed by atoms with E-state index in [0.717, 1.165) is 6.42 Å². The van der Waals surface area contributed by atoms with E-state index < -0.39 is 5.60 Å². The fraction of sp³-hybridized carbons (Fsp3) is 0.533. The largest absolute Gasteiger partial charge is 0.503 e. The molecule has 0 saturated carbocycles. The van der Waals surface area contributed by atoms with Crippen LogP contribution in [0.5, 0.6) is 17.2 Å². The molecule has 1 aromatic carbocycles. The molecule has 1 aliphatic rings. The predicted octanol–water partition coefficient (Wildman–Crippen LogP) is 3.97. The molecule has 2 rings (SSSR count). The van der Waals surface area contributed by atoms with Crippen LogP contribution in [-0.4, -0.2) is 22.6 Å². The molecule has 0 saturated heterocycles. The lowest BCUT2D eigenvalue weighted by Crippen LogP contribution is -2.36. The fourth-order valence-electron chi connectivity index (χ4n) is 2.10. The number of ether oxygens (including phenoxy) is 2. The molecule has 1 unspecified atom stereocenters. The van der Waals surface area contributed by atoms with Crippen molar-refractivity contribution in [2.24, 2.45) is 0 Å². The quantitative estimate of drug-likeness (QED) is 0.917. The van der Waals surface area contributed by atoms with Crippen LogP contribution in [0.1, 0.15) is 50.9 Å². The number of carbonyl (C=O) groups excluding carboxylic acids is 1. The van der Waals surface area contributed by atoms with Gasteiger partial charge in [0.05, 0.1) is 23.1 Å². The molecule has 0 bridgehead atoms. The number of benzene rings is 1. The van der Waals surface area contributed by atoms with Crippen LogP contribution in [0, 0.1) is 0 Å². The zero-order valence-corrected chi connectivity index (χ0v) is 12.9. The fourth-order valence-corrected chi connectivity index (χ4v) is 2.29. The van der Waals surface area contributed by atoms with E-state index in [0.29, 0.717) is 5.56 Å². The van der Waals surface area contributed by atoms with Crippen molar-refractivity contribution in [3.05, 3.63) is 16.7 Å². The van der Waals surface area contributed by atoms with Gasteiger partial charge in [-0.15, -0.1) is 0 Å². The minimum absolute atomic E-state index is 0.0628. The Balaban J connectivity index is 2.58. The van der Waals surface area contributed by atoms with Crippen LogP contribution in [0.25, 0.3) is 0 Å². The number of ketones is 1. The molecular formula is C15H19ClO4. The monoisotopic (exact) mass is 298 g/mol. The van der Waals surface area contributed by atoms with Crippen LogP contribution in [0.3, 0.4) is 0 Å². The third kappa shape index (κ3) is 2.70. The molecule has 0 aromatic heterocycles. The molecule has 20 heavy (non-hydrogen) atoms. The van der Waals surface area contributed by atoms with Crippen molar-refractivity contribution >= 4 is 17.4 Å². The Labute approximate surface area is 123 Å². The number of aromatic hydroxyl groups is 1. The Morgan fingerprint density at radius 3 is 2.80 bits per heavy atom. The van der Waals surface area contributed by atoms with Crippen molar-refractivity contribution in [3.8, 4) is 17.2 Å². The Morgan fingerprint density at radius 1 is 1.55 bits per heavy atom. The van der Waals surface area contributed by atoms with Gasteiger partial charge in [-0.2, -0.15) is 0 Å². The first-order valence-corrected chi connectivity index (χ1v) is 7.07. The smallest absolute Gasteiger partial charge is 0.206 e. The molecule has 0 fully saturated rings. The average Bonchev–Trinajstić information content (AvgIpc) is 2.35. The summed E-state index contributed by atoms with van der Waals surface area (Å²) in [6, 6.07) is 1.44. The van der Waals surface area contributed by atoms with Gasteiger partial charge < -0.3 is 14.6 Å². The normalized spacial score (nSPS) is 18.1. The molecule has 1 heterocycles. The summed E-state index contributed by atoms with van der Waals surface area (Å²) < 4.78 is 11.5. The van der Waals surface area contributed by atoms with E-state index >= 15 is 0 Å². The highest BCUT2D eigenvalue weighted by molar-refractivity contribution is 6.33. The summed E-state index contributed by atoms with van der Waals surface area (Å²) in [5.74, 6) is 0.194. The van der Waals surface area contributed by atoms with Crippen LogP contribution < -0.4 is 9.47 Å². The SMILES string of the molecule is CCC(C)Oc1c(O)c(Cl)cc2c1OC(C)(C)CC2=O. The van der Waals surface area contributed by atoms with Gasteiger partial charge in [0.2, 0.25) is 5.75 Å². The van der Waals surface area contributed by atoms with E-state index in [1.54, 1.807) is 0 Å². The molecule has 1 atom stereocenters. The molecule has 110 valence electrons. The molecular weight excluding hydrogens is 280 g/mol. The van der Waals surface area contributed by atoms with Crippen molar-refractivity contribution in [2.45, 2.75) is 52.2 Å². The second kappa shape index (κ2) is 5.17. The molecule has 4 nitrogen and oxygen atoms in total. The highest BCUT2D eigenvalue weighted by atomic mass is 35.5. The highest BCUT2D eigenvalue weighted by Crippen LogP contribution is 2.49. The molecule has 0 amide bonds. The minimum Gasteiger partial charge on any atom is -0.503 e. The number of rotatable bonds is 3. The molecule has 0 spiro atoms. The van der Waals surface area contributed by atoms with Crippen molar-refractivity contribution in [1.29, 1.82) is 0 Å². The topological polar surface area (TPSA) is 55.8 Å². The molecule has 0 aliphatic carbocycles. The minimum atomic E-state index is -0.627. The van der Waals surface area contributed by atoms with Gasteiger partial charge in [0.25, 0.3) is 0 Å². The first kappa shape index (κ1) is 15.0. The molecule has 1 N–H and O–H groups in total. The molecule has 0 radical (unpaired) electrons. The zero-order chi connectivity index (χ0) is 15.1. The summed E-state index contributed by atoms with van der Waals surface area (Å²) in [7, 11) is 0. The second-order valence-electron chi connectivity index (χ2n) is 5.71. The number of Topliss-reactive ketones (excluding diaryl/α,β-unsaturated/α-hetero) is 1. The number of fused-ring (bicyclic) bond motifs is 1. The van der Waals surface area contributed by atoms with E-state index in [-0.39, 0.29) is 40.6 Å². The van der Waals surface area contributed by atoms with Gasteiger partial charge in [-0.1, -0.05) is 18.5 Å². The number of halogens is 1. The highest BCUT2D eigenvalue weighted by Gasteiger charge is 2.36. The number of hydrogen-bond donors (Lipinski definition) is 1. The van der Waals surface area contributed by atoms with Gasteiger partial charge in [0.1, 0.15) is 5.60 Å². The number of hydrogen-bond acceptors (Lipinski definition) is 4. The predicted molar refractivity (Wildman–Crippen MR) is 77.2 cm³/mol. The van der Waals surface area contributed by atoms with Gasteiger partial charge in [-0.3, -0.25) is 4.79 Å². The van der Waals surface area contributed by atoms with Gasteiger partial charge in [-0.05, 0) is 33.3 Å². The Morgan fingerprint density at radius 2 is 2.20 bits per heavy atom. The van der Waals surface area contributed by atoms with Crippen LogP contribution in [0.2, 0.25) is 5.02 Å². The van der Waals surface area contributed by atoms with Crippen molar-refractivity contribution < 1.29 is 19.4 Å². The van der Waals surface area contributed by atoms with Crippen molar-refractivity contribution in [2.75, 3.05) is 0 Å². The van der Waals surface area contributed by atoms with Gasteiger partial charge in [0, 0.05) is 0 Å². The third-order valence-electron chi connectivity index (χ3n) is 3.32. The van der Waals surface area contributed by atoms with Crippen molar-refractivity contribution in [3.63, 3.8) is 0 Å². The summed E-state index contributed by atoms with van der Waals surface area (Å²) in [6.07, 6.45) is 0.911. The lowest BCUT2D eigenvalue weighted by atomic mass is 9.92. The standard InChI is InChI=1S/C15H19ClO4/c1-5-8(2)19-14-12(18)10(16)6-9-11(17)7-15(3,4)20-13(9)14/h6,8,18H,5,7H2,1-4H3. The Kier molecular flexibility index (Phi) is 3.87. The van der Waals surface area contributed by atoms with Gasteiger partial charge in [-0.25, -0.2) is 0 Å². The van der Waals surface area contributed by atoms with E-state index in [1.165, 1.54) is 6.07 Å². The second-order valence-corrected chi connectivity index (χ2v) is 6.12. The van der Waals surface area contributed by atoms with E-state index in [1.807, 2.05) is 27.7 Å². The number of phenols is 1. The van der Waals surface area contributed by atoms with Crippen LogP contribution >= 0.6 is 11.6 Å². The van der Waals surface area contributed by atoms with E-state index in [4.69, 9.17) is 21.1 Å². The maximum Gasteiger partial charge on any atom is 0.206 e. The summed E-state index contributed by atoms with van der Waals surface area (Å²) in [6.45, 7) is 7.50. The molecule has 1 aromatic rings. The van der Waals surface area contributed by atoms with Gasteiger partial charge >= 0.3 is 0 Å². The van der Waals surface area contributed by atoms with Gasteiger partial charge in [0.15, 0.2) is 17.3 Å². The Hall–Kier alpha value is -1.42. The summed E-state index contributed by atoms with van der Waals surface area (Å²) in [5, 5.41) is 10.2. The number of carbonyl (C=O) groups is 1. The zero-order valence-electron chi connectivity index (χ0n) is 12.1. The first-order chi connectivity index (χ1) is 9.25. The maximum absolute atomic E-state index is 12.2. The molecule has 5 heteroatoms. The third-order valence-corrected chi connectivity index (χ3v) is 3.61. The summed E-state index contributed by atoms with van der Waals surface area (Å²) in [5.41, 5.74) is -0.261. The average molecular weight is 299 g/mol. The van der Waals surface area contributed by atoms with E-state index in [9.17, 15) is 9.90 Å². The summed E-state index contributed by atoms with van der Waals surface area (Å²) in [4.78, 5) is 12.2. The van der Waals surface area contributed by atoms with Crippen LogP contribution in [0.4, 0.5) is 0 Å². The van der Waals surface area contributed by atoms with Crippen LogP contribution in [0.15, 0.2) is 6.07 Å². The van der Waals surface area contributed by atoms with Crippen molar-refractivity contribution in [1.82, 2.24) is 0 Å². The lowest BCUT2D eigenvalue weighted by molar-refractivity contribution is 0.0578. The first-order valence-electron chi connectivity index (χ1n) is 6.69. The maximum atomic E-state index is 12.2. The molecule has 1 aliphatic heterocycles. The van der Waals surface area contributed by atoms with Crippen LogP contribution in [-0.2, 0) is 0 Å². The summed E-state index contributed by atoms with van der Waals surface area (Å²) >= 11 is 5.98.